The van der Waals surface area contributed by atoms with Gasteiger partial charge in [-0.2, -0.15) is 0 Å². The molecule has 0 saturated heterocycles. The number of hydrogen-bond donors (Lipinski definition) is 1. The number of carbonyl (C=O) groups is 2. The molecular weight excluding hydrogens is 260 g/mol. The Hall–Kier alpha value is -1.14. The van der Waals surface area contributed by atoms with E-state index in [0.29, 0.717) is 26.2 Å². The van der Waals surface area contributed by atoms with Crippen LogP contribution in [0, 0.1) is 5.92 Å². The third kappa shape index (κ3) is 8.12. The van der Waals surface area contributed by atoms with Gasteiger partial charge in [0.05, 0.1) is 12.6 Å². The maximum atomic E-state index is 12.3. The van der Waals surface area contributed by atoms with Gasteiger partial charge in [0, 0.05) is 20.3 Å². The number of hydrogen-bond acceptors (Lipinski definition) is 5. The second-order valence-corrected chi connectivity index (χ2v) is 5.16. The van der Waals surface area contributed by atoms with Gasteiger partial charge in [-0.25, -0.2) is 0 Å². The van der Waals surface area contributed by atoms with Crippen LogP contribution in [-0.2, 0) is 19.1 Å². The van der Waals surface area contributed by atoms with Crippen LogP contribution in [0.2, 0.25) is 0 Å². The van der Waals surface area contributed by atoms with E-state index in [4.69, 9.17) is 15.2 Å². The molecule has 0 aliphatic rings. The Kier molecular flexibility index (Phi) is 10.0. The number of carbonyl (C=O) groups excluding carboxylic acids is 2. The van der Waals surface area contributed by atoms with Crippen molar-refractivity contribution in [3.8, 4) is 0 Å². The molecule has 118 valence electrons. The Morgan fingerprint density at radius 3 is 2.45 bits per heavy atom. The molecule has 0 aromatic rings. The second kappa shape index (κ2) is 10.6. The van der Waals surface area contributed by atoms with Crippen molar-refractivity contribution in [3.63, 3.8) is 0 Å². The molecule has 0 rings (SSSR count). The summed E-state index contributed by atoms with van der Waals surface area (Å²) in [5.74, 6) is -0.340. The molecule has 0 radical (unpaired) electrons. The van der Waals surface area contributed by atoms with Gasteiger partial charge in [-0.05, 0) is 25.7 Å². The normalized spacial score (nSPS) is 12.3. The Balaban J connectivity index is 4.50. The van der Waals surface area contributed by atoms with Gasteiger partial charge in [0.25, 0.3) is 0 Å². The number of nitrogens with zero attached hydrogens (tertiary/aromatic N) is 1. The summed E-state index contributed by atoms with van der Waals surface area (Å²) in [6.07, 6.45) is 1.27. The summed E-state index contributed by atoms with van der Waals surface area (Å²) in [6.45, 7) is 7.05. The summed E-state index contributed by atoms with van der Waals surface area (Å²) in [7, 11) is 1.61. The molecule has 1 amide bonds. The van der Waals surface area contributed by atoms with Gasteiger partial charge in [0.1, 0.15) is 6.54 Å². The van der Waals surface area contributed by atoms with Crippen LogP contribution in [0.25, 0.3) is 0 Å². The average Bonchev–Trinajstić information content (AvgIpc) is 2.37. The molecule has 0 aromatic carbocycles. The molecule has 2 N–H and O–H groups in total. The molecular formula is C14H28N2O4. The lowest BCUT2D eigenvalue weighted by atomic mass is 10.1. The van der Waals surface area contributed by atoms with Crippen LogP contribution >= 0.6 is 0 Å². The SMILES string of the molecule is CCOC(=O)CN(CC(C)C)C(=O)C(N)CCCOC. The Morgan fingerprint density at radius 2 is 1.95 bits per heavy atom. The maximum absolute atomic E-state index is 12.3. The minimum absolute atomic E-state index is 0.0389. The summed E-state index contributed by atoms with van der Waals surface area (Å²) in [5.41, 5.74) is 5.89. The first kappa shape index (κ1) is 18.9. The first-order chi connectivity index (χ1) is 9.42. The third-order valence-electron chi connectivity index (χ3n) is 2.70. The lowest BCUT2D eigenvalue weighted by Gasteiger charge is -2.26. The predicted octanol–water partition coefficient (Wildman–Crippen LogP) is 0.788. The zero-order valence-corrected chi connectivity index (χ0v) is 13.1. The molecule has 0 saturated carbocycles. The molecule has 0 heterocycles. The largest absolute Gasteiger partial charge is 0.465 e. The first-order valence-corrected chi connectivity index (χ1v) is 7.11. The van der Waals surface area contributed by atoms with Crippen LogP contribution in [0.5, 0.6) is 0 Å². The predicted molar refractivity (Wildman–Crippen MR) is 77.1 cm³/mol. The molecule has 0 aliphatic heterocycles. The van der Waals surface area contributed by atoms with Gasteiger partial charge in [-0.15, -0.1) is 0 Å². The summed E-state index contributed by atoms with van der Waals surface area (Å²) in [6, 6.07) is -0.599. The van der Waals surface area contributed by atoms with Crippen LogP contribution in [0.15, 0.2) is 0 Å². The quantitative estimate of drug-likeness (QED) is 0.475. The summed E-state index contributed by atoms with van der Waals surface area (Å²) >= 11 is 0. The molecule has 6 nitrogen and oxygen atoms in total. The minimum Gasteiger partial charge on any atom is -0.465 e. The lowest BCUT2D eigenvalue weighted by molar-refractivity contribution is -0.149. The first-order valence-electron chi connectivity index (χ1n) is 7.11. The van der Waals surface area contributed by atoms with Gasteiger partial charge in [0.2, 0.25) is 5.91 Å². The highest BCUT2D eigenvalue weighted by Crippen LogP contribution is 2.05. The lowest BCUT2D eigenvalue weighted by Crippen LogP contribution is -2.47. The fourth-order valence-electron chi connectivity index (χ4n) is 1.84. The summed E-state index contributed by atoms with van der Waals surface area (Å²) in [5, 5.41) is 0. The highest BCUT2D eigenvalue weighted by molar-refractivity contribution is 5.85. The molecule has 0 aromatic heterocycles. The highest BCUT2D eigenvalue weighted by Gasteiger charge is 2.23. The van der Waals surface area contributed by atoms with E-state index in [2.05, 4.69) is 0 Å². The van der Waals surface area contributed by atoms with E-state index in [9.17, 15) is 9.59 Å². The second-order valence-electron chi connectivity index (χ2n) is 5.16. The molecule has 20 heavy (non-hydrogen) atoms. The smallest absolute Gasteiger partial charge is 0.325 e. The van der Waals surface area contributed by atoms with Crippen molar-refractivity contribution in [2.75, 3.05) is 33.4 Å². The van der Waals surface area contributed by atoms with Crippen molar-refractivity contribution in [2.45, 2.75) is 39.7 Å². The van der Waals surface area contributed by atoms with E-state index in [1.54, 1.807) is 14.0 Å². The van der Waals surface area contributed by atoms with Gasteiger partial charge in [-0.1, -0.05) is 13.8 Å². The Labute approximate surface area is 121 Å². The third-order valence-corrected chi connectivity index (χ3v) is 2.70. The fraction of sp³-hybridized carbons (Fsp3) is 0.857. The van der Waals surface area contributed by atoms with Crippen molar-refractivity contribution in [3.05, 3.63) is 0 Å². The molecule has 1 unspecified atom stereocenters. The Bertz CT molecular complexity index is 295. The average molecular weight is 288 g/mol. The number of methoxy groups -OCH3 is 1. The van der Waals surface area contributed by atoms with Gasteiger partial charge < -0.3 is 20.1 Å². The standard InChI is InChI=1S/C14H28N2O4/c1-5-20-13(17)10-16(9-11(2)3)14(18)12(15)7-6-8-19-4/h11-12H,5-10,15H2,1-4H3. The van der Waals surface area contributed by atoms with Crippen LogP contribution in [-0.4, -0.2) is 56.2 Å². The number of ether oxygens (including phenoxy) is 2. The highest BCUT2D eigenvalue weighted by atomic mass is 16.5. The zero-order valence-electron chi connectivity index (χ0n) is 13.1. The van der Waals surface area contributed by atoms with Crippen molar-refractivity contribution in [1.82, 2.24) is 4.90 Å². The summed E-state index contributed by atoms with van der Waals surface area (Å²) < 4.78 is 9.83. The van der Waals surface area contributed by atoms with Crippen LogP contribution in [0.1, 0.15) is 33.6 Å². The van der Waals surface area contributed by atoms with Gasteiger partial charge >= 0.3 is 5.97 Å². The number of amides is 1. The van der Waals surface area contributed by atoms with E-state index in [0.717, 1.165) is 6.42 Å². The maximum Gasteiger partial charge on any atom is 0.325 e. The van der Waals surface area contributed by atoms with E-state index in [-0.39, 0.29) is 18.4 Å². The zero-order chi connectivity index (χ0) is 15.5. The van der Waals surface area contributed by atoms with E-state index in [1.807, 2.05) is 13.8 Å². The van der Waals surface area contributed by atoms with Crippen LogP contribution in [0.3, 0.4) is 0 Å². The van der Waals surface area contributed by atoms with Crippen molar-refractivity contribution >= 4 is 11.9 Å². The molecule has 0 spiro atoms. The van der Waals surface area contributed by atoms with Crippen LogP contribution in [0.4, 0.5) is 0 Å². The van der Waals surface area contributed by atoms with E-state index >= 15 is 0 Å². The molecule has 6 heteroatoms. The van der Waals surface area contributed by atoms with Crippen molar-refractivity contribution in [1.29, 1.82) is 0 Å². The number of nitrogens with two attached hydrogens (primary N) is 1. The van der Waals surface area contributed by atoms with Gasteiger partial charge in [0.15, 0.2) is 0 Å². The van der Waals surface area contributed by atoms with Gasteiger partial charge in [-0.3, -0.25) is 9.59 Å². The van der Waals surface area contributed by atoms with Crippen molar-refractivity contribution < 1.29 is 19.1 Å². The van der Waals surface area contributed by atoms with E-state index in [1.165, 1.54) is 4.90 Å². The number of esters is 1. The molecule has 1 atom stereocenters. The monoisotopic (exact) mass is 288 g/mol. The van der Waals surface area contributed by atoms with Crippen LogP contribution < -0.4 is 5.73 Å². The summed E-state index contributed by atoms with van der Waals surface area (Å²) in [4.78, 5) is 25.3. The van der Waals surface area contributed by atoms with Crippen molar-refractivity contribution in [2.24, 2.45) is 11.7 Å². The molecule has 0 aliphatic carbocycles. The molecule has 0 bridgehead atoms. The van der Waals surface area contributed by atoms with E-state index < -0.39 is 12.0 Å². The Morgan fingerprint density at radius 1 is 1.30 bits per heavy atom. The molecule has 0 fully saturated rings. The minimum atomic E-state index is -0.599. The fourth-order valence-corrected chi connectivity index (χ4v) is 1.84. The number of rotatable bonds is 10. The topological polar surface area (TPSA) is 81.9 Å².